The lowest BCUT2D eigenvalue weighted by Crippen LogP contribution is -2.33. The van der Waals surface area contributed by atoms with E-state index in [1.54, 1.807) is 11.3 Å². The minimum atomic E-state index is 0. The third-order valence-electron chi connectivity index (χ3n) is 4.86. The highest BCUT2D eigenvalue weighted by atomic mass is 35.5. The molecule has 1 aromatic carbocycles. The number of halogens is 1. The van der Waals surface area contributed by atoms with Gasteiger partial charge in [0.2, 0.25) is 5.91 Å². The molecule has 1 saturated carbocycles. The molecule has 1 aromatic heterocycles. The number of thiazole rings is 1. The smallest absolute Gasteiger partial charge is 0.224 e. The van der Waals surface area contributed by atoms with E-state index >= 15 is 0 Å². The number of benzene rings is 1. The van der Waals surface area contributed by atoms with Gasteiger partial charge in [0.05, 0.1) is 16.8 Å². The van der Waals surface area contributed by atoms with Crippen molar-refractivity contribution in [2.45, 2.75) is 25.8 Å². The second kappa shape index (κ2) is 6.14. The van der Waals surface area contributed by atoms with Crippen molar-refractivity contribution in [3.63, 3.8) is 0 Å². The van der Waals surface area contributed by atoms with E-state index in [9.17, 15) is 4.79 Å². The molecular weight excluding hydrogens is 318 g/mol. The Kier molecular flexibility index (Phi) is 4.39. The van der Waals surface area contributed by atoms with Crippen molar-refractivity contribution in [3.8, 4) is 0 Å². The van der Waals surface area contributed by atoms with Crippen LogP contribution in [-0.4, -0.2) is 24.0 Å². The largest absolute Gasteiger partial charge is 0.349 e. The molecule has 0 bridgehead atoms. The molecule has 1 unspecified atom stereocenters. The Labute approximate surface area is 140 Å². The van der Waals surface area contributed by atoms with Gasteiger partial charge in [-0.15, -0.1) is 23.7 Å². The molecule has 2 aromatic rings. The number of hydrogen-bond donors (Lipinski definition) is 2. The fourth-order valence-electron chi connectivity index (χ4n) is 3.48. The molecule has 22 heavy (non-hydrogen) atoms. The first kappa shape index (κ1) is 15.7. The number of amides is 1. The van der Waals surface area contributed by atoms with Gasteiger partial charge in [0.15, 0.2) is 0 Å². The van der Waals surface area contributed by atoms with Crippen LogP contribution in [0.25, 0.3) is 10.2 Å². The van der Waals surface area contributed by atoms with E-state index in [1.165, 1.54) is 4.70 Å². The van der Waals surface area contributed by atoms with Crippen LogP contribution >= 0.6 is 23.7 Å². The fraction of sp³-hybridized carbons (Fsp3) is 0.500. The van der Waals surface area contributed by atoms with Gasteiger partial charge in [-0.3, -0.25) is 4.79 Å². The summed E-state index contributed by atoms with van der Waals surface area (Å²) in [6.07, 6.45) is 3.36. The van der Waals surface area contributed by atoms with Crippen molar-refractivity contribution < 1.29 is 4.79 Å². The van der Waals surface area contributed by atoms with Gasteiger partial charge in [-0.1, -0.05) is 12.1 Å². The first-order chi connectivity index (χ1) is 10.3. The number of nitrogens with zero attached hydrogens (tertiary/aromatic N) is 1. The van der Waals surface area contributed by atoms with E-state index in [1.807, 2.05) is 18.2 Å². The average Bonchev–Trinajstić information content (AvgIpc) is 3.04. The molecule has 1 atom stereocenters. The van der Waals surface area contributed by atoms with E-state index in [0.717, 1.165) is 42.9 Å². The Morgan fingerprint density at radius 2 is 2.14 bits per heavy atom. The number of carbonyl (C=O) groups excluding carboxylic acids is 1. The maximum Gasteiger partial charge on any atom is 0.224 e. The molecule has 1 spiro atoms. The highest BCUT2D eigenvalue weighted by Crippen LogP contribution is 2.58. The number of hydrogen-bond acceptors (Lipinski definition) is 4. The minimum Gasteiger partial charge on any atom is -0.349 e. The van der Waals surface area contributed by atoms with Gasteiger partial charge in [-0.25, -0.2) is 4.98 Å². The number of rotatable bonds is 3. The molecule has 6 heteroatoms. The van der Waals surface area contributed by atoms with Crippen LogP contribution in [0.15, 0.2) is 24.3 Å². The lowest BCUT2D eigenvalue weighted by molar-refractivity contribution is -0.123. The monoisotopic (exact) mass is 337 g/mol. The van der Waals surface area contributed by atoms with Gasteiger partial charge in [-0.2, -0.15) is 0 Å². The number of fused-ring (bicyclic) bond motifs is 1. The second-order valence-electron chi connectivity index (χ2n) is 6.16. The second-order valence-corrected chi connectivity index (χ2v) is 7.28. The molecule has 2 heterocycles. The number of carbonyl (C=O) groups is 1. The molecule has 1 aliphatic carbocycles. The molecular formula is C16H20ClN3OS. The molecule has 118 valence electrons. The van der Waals surface area contributed by atoms with E-state index in [4.69, 9.17) is 0 Å². The van der Waals surface area contributed by atoms with Crippen molar-refractivity contribution in [2.24, 2.45) is 11.3 Å². The highest BCUT2D eigenvalue weighted by molar-refractivity contribution is 7.18. The summed E-state index contributed by atoms with van der Waals surface area (Å²) in [5.74, 6) is 0.449. The van der Waals surface area contributed by atoms with Crippen molar-refractivity contribution in [1.82, 2.24) is 15.6 Å². The van der Waals surface area contributed by atoms with Crippen LogP contribution in [-0.2, 0) is 11.3 Å². The number of piperidine rings is 1. The Balaban J connectivity index is 0.00000144. The van der Waals surface area contributed by atoms with Gasteiger partial charge in [0, 0.05) is 5.92 Å². The molecule has 4 rings (SSSR count). The lowest BCUT2D eigenvalue weighted by atomic mass is 9.92. The van der Waals surface area contributed by atoms with Gasteiger partial charge < -0.3 is 10.6 Å². The van der Waals surface area contributed by atoms with Crippen LogP contribution in [0, 0.1) is 11.3 Å². The maximum absolute atomic E-state index is 12.3. The summed E-state index contributed by atoms with van der Waals surface area (Å²) in [7, 11) is 0. The molecule has 2 fully saturated rings. The van der Waals surface area contributed by atoms with Gasteiger partial charge in [0.1, 0.15) is 5.01 Å². The average molecular weight is 338 g/mol. The molecule has 1 aliphatic heterocycles. The zero-order valence-electron chi connectivity index (χ0n) is 12.3. The molecule has 2 N–H and O–H groups in total. The molecule has 2 aliphatic rings. The third-order valence-corrected chi connectivity index (χ3v) is 5.89. The third kappa shape index (κ3) is 2.85. The van der Waals surface area contributed by atoms with Crippen molar-refractivity contribution in [3.05, 3.63) is 29.3 Å². The van der Waals surface area contributed by atoms with Crippen LogP contribution in [0.5, 0.6) is 0 Å². The summed E-state index contributed by atoms with van der Waals surface area (Å²) in [6.45, 7) is 2.67. The molecule has 1 saturated heterocycles. The quantitative estimate of drug-likeness (QED) is 0.905. The van der Waals surface area contributed by atoms with Crippen LogP contribution in [0.4, 0.5) is 0 Å². The van der Waals surface area contributed by atoms with Crippen LogP contribution in [0.3, 0.4) is 0 Å². The number of para-hydroxylation sites is 1. The van der Waals surface area contributed by atoms with Crippen LogP contribution in [0.2, 0.25) is 0 Å². The summed E-state index contributed by atoms with van der Waals surface area (Å²) in [5, 5.41) is 7.44. The number of aromatic nitrogens is 1. The molecule has 4 nitrogen and oxygen atoms in total. The predicted octanol–water partition coefficient (Wildman–Crippen LogP) is 2.72. The van der Waals surface area contributed by atoms with E-state index in [0.29, 0.717) is 12.0 Å². The van der Waals surface area contributed by atoms with E-state index < -0.39 is 0 Å². The molecule has 0 radical (unpaired) electrons. The van der Waals surface area contributed by atoms with Gasteiger partial charge in [-0.05, 0) is 49.9 Å². The first-order valence-corrected chi connectivity index (χ1v) is 8.41. The summed E-state index contributed by atoms with van der Waals surface area (Å²) < 4.78 is 1.18. The maximum atomic E-state index is 12.3. The summed E-state index contributed by atoms with van der Waals surface area (Å²) in [6, 6.07) is 8.11. The summed E-state index contributed by atoms with van der Waals surface area (Å²) in [4.78, 5) is 16.9. The highest BCUT2D eigenvalue weighted by Gasteiger charge is 2.57. The van der Waals surface area contributed by atoms with Gasteiger partial charge in [0.25, 0.3) is 0 Å². The summed E-state index contributed by atoms with van der Waals surface area (Å²) in [5.41, 5.74) is 1.33. The van der Waals surface area contributed by atoms with Gasteiger partial charge >= 0.3 is 0 Å². The Bertz CT molecular complexity index is 648. The van der Waals surface area contributed by atoms with Crippen LogP contribution in [0.1, 0.15) is 24.3 Å². The Morgan fingerprint density at radius 1 is 1.36 bits per heavy atom. The zero-order chi connectivity index (χ0) is 14.3. The van der Waals surface area contributed by atoms with Crippen molar-refractivity contribution >= 4 is 39.9 Å². The Hall–Kier alpha value is -1.17. The zero-order valence-corrected chi connectivity index (χ0v) is 13.9. The van der Waals surface area contributed by atoms with E-state index in [2.05, 4.69) is 21.7 Å². The first-order valence-electron chi connectivity index (χ1n) is 7.60. The van der Waals surface area contributed by atoms with Crippen LogP contribution < -0.4 is 10.6 Å². The summed E-state index contributed by atoms with van der Waals surface area (Å²) >= 11 is 1.66. The number of nitrogens with one attached hydrogen (secondary N) is 2. The lowest BCUT2D eigenvalue weighted by Gasteiger charge is -2.23. The van der Waals surface area contributed by atoms with Crippen molar-refractivity contribution in [1.29, 1.82) is 0 Å². The predicted molar refractivity (Wildman–Crippen MR) is 91.4 cm³/mol. The molecule has 1 amide bonds. The van der Waals surface area contributed by atoms with Crippen molar-refractivity contribution in [2.75, 3.05) is 13.1 Å². The SMILES string of the molecule is Cl.O=C(NCc1nc2ccccc2s1)C1CC12CCNCC2. The Morgan fingerprint density at radius 3 is 2.91 bits per heavy atom. The normalized spacial score (nSPS) is 22.3. The standard InChI is InChI=1S/C16H19N3OS.ClH/c20-15(11-9-16(11)5-7-17-8-6-16)18-10-14-19-12-3-1-2-4-13(12)21-14;/h1-4,11,17H,5-10H2,(H,18,20);1H. The van der Waals surface area contributed by atoms with E-state index in [-0.39, 0.29) is 24.2 Å². The fourth-order valence-corrected chi connectivity index (χ4v) is 4.38. The minimum absolute atomic E-state index is 0. The topological polar surface area (TPSA) is 54.0 Å².